The molecule has 0 bridgehead atoms. The van der Waals surface area contributed by atoms with Gasteiger partial charge in [-0.2, -0.15) is 5.26 Å². The quantitative estimate of drug-likeness (QED) is 0.358. The van der Waals surface area contributed by atoms with Crippen LogP contribution in [-0.4, -0.2) is 54.2 Å². The molecule has 0 N–H and O–H groups in total. The number of rotatable bonds is 6. The fourth-order valence-corrected chi connectivity index (χ4v) is 6.08. The number of aldehydes is 1. The lowest BCUT2D eigenvalue weighted by atomic mass is 9.88. The molecular weight excluding hydrogens is 434 g/mol. The number of amides is 1. The topological polar surface area (TPSA) is 64.4 Å². The van der Waals surface area contributed by atoms with Crippen molar-refractivity contribution in [1.82, 2.24) is 9.80 Å². The number of benzene rings is 3. The standard InChI is InChI=1S/C30H33N3O2/c31-19-23(21-34)12-11-22-6-5-15-33(20-22)26-13-16-32(17-14-26)30(35)29-27-9-3-1-7-24(27)18-25-8-2-4-10-28(25)29/h1-4,7-10,18,21-23,26H,5-6,11-17,20H2. The molecule has 3 aromatic carbocycles. The van der Waals surface area contributed by atoms with E-state index in [9.17, 15) is 9.59 Å². The first kappa shape index (κ1) is 23.5. The molecule has 2 aliphatic rings. The Morgan fingerprint density at radius 2 is 1.66 bits per heavy atom. The summed E-state index contributed by atoms with van der Waals surface area (Å²) in [6.07, 6.45) is 6.74. The molecule has 2 heterocycles. The van der Waals surface area contributed by atoms with Crippen LogP contribution in [0.3, 0.4) is 0 Å². The maximum Gasteiger partial charge on any atom is 0.255 e. The third-order valence-corrected chi connectivity index (χ3v) is 8.02. The zero-order chi connectivity index (χ0) is 24.2. The van der Waals surface area contributed by atoms with Gasteiger partial charge in [-0.15, -0.1) is 0 Å². The van der Waals surface area contributed by atoms with Crippen molar-refractivity contribution >= 4 is 33.7 Å². The van der Waals surface area contributed by atoms with E-state index in [2.05, 4.69) is 41.3 Å². The maximum absolute atomic E-state index is 13.8. The average molecular weight is 468 g/mol. The predicted molar refractivity (Wildman–Crippen MR) is 139 cm³/mol. The molecule has 5 rings (SSSR count). The van der Waals surface area contributed by atoms with E-state index in [0.29, 0.717) is 18.4 Å². The molecule has 0 aliphatic carbocycles. The van der Waals surface area contributed by atoms with Gasteiger partial charge in [0.1, 0.15) is 12.2 Å². The van der Waals surface area contributed by atoms with Crippen LogP contribution in [0, 0.1) is 23.2 Å². The van der Waals surface area contributed by atoms with Crippen LogP contribution in [0.2, 0.25) is 0 Å². The number of fused-ring (bicyclic) bond motifs is 2. The minimum absolute atomic E-state index is 0.143. The second-order valence-corrected chi connectivity index (χ2v) is 10.2. The third kappa shape index (κ3) is 4.94. The minimum atomic E-state index is -0.468. The van der Waals surface area contributed by atoms with Gasteiger partial charge in [0, 0.05) is 25.7 Å². The molecular formula is C30H33N3O2. The highest BCUT2D eigenvalue weighted by atomic mass is 16.2. The van der Waals surface area contributed by atoms with Crippen molar-refractivity contribution in [2.24, 2.45) is 11.8 Å². The summed E-state index contributed by atoms with van der Waals surface area (Å²) in [5.74, 6) is 0.232. The smallest absolute Gasteiger partial charge is 0.255 e. The fourth-order valence-electron chi connectivity index (χ4n) is 6.08. The number of carbonyl (C=O) groups is 2. The van der Waals surface area contributed by atoms with Gasteiger partial charge >= 0.3 is 0 Å². The van der Waals surface area contributed by atoms with Crippen molar-refractivity contribution in [1.29, 1.82) is 5.26 Å². The molecule has 3 aromatic rings. The van der Waals surface area contributed by atoms with E-state index in [1.807, 2.05) is 29.2 Å². The van der Waals surface area contributed by atoms with Crippen LogP contribution in [-0.2, 0) is 4.79 Å². The second kappa shape index (κ2) is 10.6. The van der Waals surface area contributed by atoms with Gasteiger partial charge in [-0.05, 0) is 78.6 Å². The Morgan fingerprint density at radius 3 is 2.29 bits per heavy atom. The van der Waals surface area contributed by atoms with Gasteiger partial charge in [0.05, 0.1) is 11.6 Å². The Bertz CT molecular complexity index is 1200. The highest BCUT2D eigenvalue weighted by Crippen LogP contribution is 2.32. The van der Waals surface area contributed by atoms with Crippen LogP contribution in [0.1, 0.15) is 48.9 Å². The molecule has 0 saturated carbocycles. The van der Waals surface area contributed by atoms with E-state index in [4.69, 9.17) is 5.26 Å². The number of hydrogen-bond acceptors (Lipinski definition) is 4. The Balaban J connectivity index is 1.26. The summed E-state index contributed by atoms with van der Waals surface area (Å²) in [4.78, 5) is 29.5. The van der Waals surface area contributed by atoms with Crippen LogP contribution in [0.15, 0.2) is 54.6 Å². The summed E-state index contributed by atoms with van der Waals surface area (Å²) < 4.78 is 0. The van der Waals surface area contributed by atoms with Gasteiger partial charge in [-0.25, -0.2) is 0 Å². The SMILES string of the molecule is N#CC(C=O)CCC1CCCN(C2CCN(C(=O)c3c4ccccc4cc4ccccc34)CC2)C1. The number of hydrogen-bond donors (Lipinski definition) is 0. The molecule has 5 nitrogen and oxygen atoms in total. The van der Waals surface area contributed by atoms with E-state index < -0.39 is 5.92 Å². The molecule has 2 atom stereocenters. The Kier molecular flexibility index (Phi) is 7.11. The fraction of sp³-hybridized carbons (Fsp3) is 0.433. The molecule has 2 unspecified atom stereocenters. The summed E-state index contributed by atoms with van der Waals surface area (Å²) in [6, 6.07) is 21.2. The summed E-state index contributed by atoms with van der Waals surface area (Å²) in [7, 11) is 0. The number of piperidine rings is 2. The normalized spacial score (nSPS) is 20.5. The number of likely N-dealkylation sites (tertiary alicyclic amines) is 2. The summed E-state index contributed by atoms with van der Waals surface area (Å²) >= 11 is 0. The third-order valence-electron chi connectivity index (χ3n) is 8.02. The van der Waals surface area contributed by atoms with Crippen molar-refractivity contribution in [2.45, 2.75) is 44.6 Å². The monoisotopic (exact) mass is 467 g/mol. The van der Waals surface area contributed by atoms with Crippen molar-refractivity contribution in [3.05, 3.63) is 60.2 Å². The summed E-state index contributed by atoms with van der Waals surface area (Å²) in [5.41, 5.74) is 0.831. The molecule has 2 fully saturated rings. The van der Waals surface area contributed by atoms with E-state index in [0.717, 1.165) is 78.8 Å². The first-order valence-electron chi connectivity index (χ1n) is 13.0. The first-order valence-corrected chi connectivity index (χ1v) is 13.0. The number of nitriles is 1. The van der Waals surface area contributed by atoms with Gasteiger partial charge in [-0.1, -0.05) is 48.5 Å². The van der Waals surface area contributed by atoms with Crippen molar-refractivity contribution in [3.63, 3.8) is 0 Å². The van der Waals surface area contributed by atoms with Gasteiger partial charge in [-0.3, -0.25) is 9.69 Å². The van der Waals surface area contributed by atoms with E-state index >= 15 is 0 Å². The van der Waals surface area contributed by atoms with Crippen LogP contribution < -0.4 is 0 Å². The maximum atomic E-state index is 13.8. The highest BCUT2D eigenvalue weighted by Gasteiger charge is 2.31. The lowest BCUT2D eigenvalue weighted by Crippen LogP contribution is -2.49. The number of nitrogens with zero attached hydrogens (tertiary/aromatic N) is 3. The Morgan fingerprint density at radius 1 is 1.00 bits per heavy atom. The highest BCUT2D eigenvalue weighted by molar-refractivity contribution is 6.18. The van der Waals surface area contributed by atoms with Gasteiger partial charge in [0.25, 0.3) is 5.91 Å². The van der Waals surface area contributed by atoms with E-state index in [1.54, 1.807) is 0 Å². The van der Waals surface area contributed by atoms with Crippen molar-refractivity contribution < 1.29 is 9.59 Å². The zero-order valence-electron chi connectivity index (χ0n) is 20.2. The first-order chi connectivity index (χ1) is 17.2. The average Bonchev–Trinajstić information content (AvgIpc) is 2.92. The molecule has 2 saturated heterocycles. The molecule has 5 heteroatoms. The van der Waals surface area contributed by atoms with E-state index in [-0.39, 0.29) is 5.91 Å². The van der Waals surface area contributed by atoms with Crippen LogP contribution in [0.5, 0.6) is 0 Å². The molecule has 2 aliphatic heterocycles. The lowest BCUT2D eigenvalue weighted by Gasteiger charge is -2.42. The second-order valence-electron chi connectivity index (χ2n) is 10.2. The molecule has 1 amide bonds. The van der Waals surface area contributed by atoms with E-state index in [1.165, 1.54) is 12.8 Å². The molecule has 0 spiro atoms. The lowest BCUT2D eigenvalue weighted by molar-refractivity contribution is -0.110. The summed E-state index contributed by atoms with van der Waals surface area (Å²) in [6.45, 7) is 3.72. The van der Waals surface area contributed by atoms with Gasteiger partial charge in [0.15, 0.2) is 0 Å². The van der Waals surface area contributed by atoms with Gasteiger partial charge < -0.3 is 9.69 Å². The van der Waals surface area contributed by atoms with Crippen molar-refractivity contribution in [3.8, 4) is 6.07 Å². The molecule has 35 heavy (non-hydrogen) atoms. The summed E-state index contributed by atoms with van der Waals surface area (Å²) in [5, 5.41) is 13.3. The Hall–Kier alpha value is -3.23. The molecule has 180 valence electrons. The van der Waals surface area contributed by atoms with Crippen molar-refractivity contribution in [2.75, 3.05) is 26.2 Å². The minimum Gasteiger partial charge on any atom is -0.338 e. The molecule has 0 aromatic heterocycles. The van der Waals surface area contributed by atoms with Crippen LogP contribution >= 0.6 is 0 Å². The van der Waals surface area contributed by atoms with Gasteiger partial charge in [0.2, 0.25) is 0 Å². The largest absolute Gasteiger partial charge is 0.338 e. The van der Waals surface area contributed by atoms with Crippen LogP contribution in [0.25, 0.3) is 21.5 Å². The number of carbonyl (C=O) groups excluding carboxylic acids is 2. The predicted octanol–water partition coefficient (Wildman–Crippen LogP) is 5.43. The Labute approximate surface area is 207 Å². The zero-order valence-corrected chi connectivity index (χ0v) is 20.2. The van der Waals surface area contributed by atoms with Crippen LogP contribution in [0.4, 0.5) is 0 Å². The molecule has 0 radical (unpaired) electrons.